The Bertz CT molecular complexity index is 74.5. The first kappa shape index (κ1) is 7.44. The molecule has 0 bridgehead atoms. The third-order valence-corrected chi connectivity index (χ3v) is 0.621. The lowest BCUT2D eigenvalue weighted by atomic mass is 10.5. The van der Waals surface area contributed by atoms with Crippen LogP contribution in [0.25, 0.3) is 0 Å². The van der Waals surface area contributed by atoms with Gasteiger partial charge in [0.05, 0.1) is 6.61 Å². The monoisotopic (exact) mass is 111 g/mol. The summed E-state index contributed by atoms with van der Waals surface area (Å²) in [5.74, 6) is 0. The molecule has 45 valence electrons. The maximum atomic E-state index is 4.89. The molecule has 0 amide bonds. The molecule has 0 spiro atoms. The van der Waals surface area contributed by atoms with Gasteiger partial charge >= 0.3 is 0 Å². The van der Waals surface area contributed by atoms with Gasteiger partial charge in [-0.25, -0.2) is 0 Å². The number of hydrogen-bond acceptors (Lipinski definition) is 1. The Morgan fingerprint density at radius 3 is 2.88 bits per heavy atom. The van der Waals surface area contributed by atoms with Crippen LogP contribution in [0.2, 0.25) is 0 Å². The van der Waals surface area contributed by atoms with Gasteiger partial charge in [0.15, 0.2) is 0 Å². The molecule has 0 N–H and O–H groups in total. The van der Waals surface area contributed by atoms with E-state index in [4.69, 9.17) is 4.74 Å². The van der Waals surface area contributed by atoms with Crippen molar-refractivity contribution < 1.29 is 4.74 Å². The van der Waals surface area contributed by atoms with Gasteiger partial charge in [-0.15, -0.1) is 6.58 Å². The third-order valence-electron chi connectivity index (χ3n) is 0.621. The highest BCUT2D eigenvalue weighted by molar-refractivity contribution is 4.81. The van der Waals surface area contributed by atoms with E-state index in [1.165, 1.54) is 0 Å². The molecular formula is C7H11O. The quantitative estimate of drug-likeness (QED) is 0.398. The molecule has 0 atom stereocenters. The van der Waals surface area contributed by atoms with Crippen LogP contribution in [0.15, 0.2) is 24.8 Å². The van der Waals surface area contributed by atoms with Gasteiger partial charge in [-0.3, -0.25) is 0 Å². The Balaban J connectivity index is 2.82. The summed E-state index contributed by atoms with van der Waals surface area (Å²) in [6.07, 6.45) is 5.49. The standard InChI is InChI=1S/C7H11O/c1-3-5-7-8-6-4-2/h3-6H,2,7H2,1H3/b5-3+. The molecule has 0 aromatic carbocycles. The molecule has 0 rings (SSSR count). The van der Waals surface area contributed by atoms with Crippen LogP contribution in [-0.4, -0.2) is 6.61 Å². The van der Waals surface area contributed by atoms with Crippen molar-refractivity contribution in [3.8, 4) is 0 Å². The van der Waals surface area contributed by atoms with E-state index in [1.54, 1.807) is 12.7 Å². The number of allylic oxidation sites excluding steroid dienone is 1. The first-order valence-electron chi connectivity index (χ1n) is 2.58. The lowest BCUT2D eigenvalue weighted by Crippen LogP contribution is -1.82. The summed E-state index contributed by atoms with van der Waals surface area (Å²) in [6, 6.07) is 0. The van der Waals surface area contributed by atoms with Crippen LogP contribution in [0, 0.1) is 6.61 Å². The van der Waals surface area contributed by atoms with Gasteiger partial charge in [0.2, 0.25) is 0 Å². The predicted octanol–water partition coefficient (Wildman–Crippen LogP) is 1.93. The average Bonchev–Trinajstić information content (AvgIpc) is 1.81. The highest BCUT2D eigenvalue weighted by atomic mass is 16.5. The summed E-state index contributed by atoms with van der Waals surface area (Å²) in [7, 11) is 0. The van der Waals surface area contributed by atoms with Crippen molar-refractivity contribution in [1.29, 1.82) is 0 Å². The van der Waals surface area contributed by atoms with Crippen molar-refractivity contribution in [2.45, 2.75) is 6.92 Å². The van der Waals surface area contributed by atoms with Gasteiger partial charge in [-0.05, 0) is 6.92 Å². The van der Waals surface area contributed by atoms with E-state index in [9.17, 15) is 0 Å². The molecule has 0 aliphatic rings. The fourth-order valence-corrected chi connectivity index (χ4v) is 0.275. The van der Waals surface area contributed by atoms with Crippen molar-refractivity contribution in [3.05, 3.63) is 31.4 Å². The Kier molecular flexibility index (Phi) is 5.99. The smallest absolute Gasteiger partial charge is 0.105 e. The molecular weight excluding hydrogens is 100 g/mol. The van der Waals surface area contributed by atoms with E-state index in [0.29, 0.717) is 6.61 Å². The van der Waals surface area contributed by atoms with Crippen LogP contribution >= 0.6 is 0 Å². The number of rotatable bonds is 4. The molecule has 0 heterocycles. The number of hydrogen-bond donors (Lipinski definition) is 0. The van der Waals surface area contributed by atoms with E-state index in [0.717, 1.165) is 0 Å². The zero-order valence-corrected chi connectivity index (χ0v) is 5.13. The van der Waals surface area contributed by atoms with Gasteiger partial charge in [-0.2, -0.15) is 0 Å². The average molecular weight is 111 g/mol. The topological polar surface area (TPSA) is 9.23 Å². The van der Waals surface area contributed by atoms with E-state index in [1.807, 2.05) is 19.1 Å². The zero-order chi connectivity index (χ0) is 6.24. The molecule has 1 heteroatoms. The van der Waals surface area contributed by atoms with Gasteiger partial charge in [-0.1, -0.05) is 18.2 Å². The Hall–Kier alpha value is -0.560. The lowest BCUT2D eigenvalue weighted by molar-refractivity contribution is 0.252. The third kappa shape index (κ3) is 5.44. The number of ether oxygens (including phenoxy) is 1. The molecule has 0 aliphatic carbocycles. The molecule has 0 aromatic rings. The van der Waals surface area contributed by atoms with Crippen molar-refractivity contribution in [3.63, 3.8) is 0 Å². The first-order valence-corrected chi connectivity index (χ1v) is 2.58. The van der Waals surface area contributed by atoms with Gasteiger partial charge in [0.1, 0.15) is 6.61 Å². The zero-order valence-electron chi connectivity index (χ0n) is 5.13. The van der Waals surface area contributed by atoms with Crippen molar-refractivity contribution >= 4 is 0 Å². The Morgan fingerprint density at radius 2 is 2.38 bits per heavy atom. The van der Waals surface area contributed by atoms with Crippen LogP contribution in [-0.2, 0) is 4.74 Å². The molecule has 0 unspecified atom stereocenters. The van der Waals surface area contributed by atoms with Crippen LogP contribution in [0.1, 0.15) is 6.92 Å². The second kappa shape index (κ2) is 6.44. The molecule has 0 fully saturated rings. The highest BCUT2D eigenvalue weighted by Gasteiger charge is 1.73. The van der Waals surface area contributed by atoms with Crippen LogP contribution in [0.3, 0.4) is 0 Å². The molecule has 0 aliphatic heterocycles. The SMILES string of the molecule is C=C[CH]OC/C=C/C. The van der Waals surface area contributed by atoms with Crippen molar-refractivity contribution in [2.75, 3.05) is 6.61 Å². The second-order valence-electron chi connectivity index (χ2n) is 1.27. The lowest BCUT2D eigenvalue weighted by Gasteiger charge is -1.89. The van der Waals surface area contributed by atoms with Crippen LogP contribution in [0.4, 0.5) is 0 Å². The summed E-state index contributed by atoms with van der Waals surface area (Å²) in [5.41, 5.74) is 0. The van der Waals surface area contributed by atoms with Gasteiger partial charge in [0, 0.05) is 0 Å². The van der Waals surface area contributed by atoms with Crippen molar-refractivity contribution in [2.24, 2.45) is 0 Å². The van der Waals surface area contributed by atoms with Crippen LogP contribution < -0.4 is 0 Å². The van der Waals surface area contributed by atoms with E-state index in [-0.39, 0.29) is 0 Å². The Labute approximate surface area is 50.7 Å². The molecule has 8 heavy (non-hydrogen) atoms. The van der Waals surface area contributed by atoms with Gasteiger partial charge in [0.25, 0.3) is 0 Å². The van der Waals surface area contributed by atoms with Crippen molar-refractivity contribution in [1.82, 2.24) is 0 Å². The minimum absolute atomic E-state index is 0.641. The molecule has 0 saturated carbocycles. The molecule has 1 nitrogen and oxygen atoms in total. The largest absolute Gasteiger partial charge is 0.367 e. The molecule has 1 radical (unpaired) electrons. The summed E-state index contributed by atoms with van der Waals surface area (Å²) in [5, 5.41) is 0. The second-order valence-corrected chi connectivity index (χ2v) is 1.27. The summed E-state index contributed by atoms with van der Waals surface area (Å²) >= 11 is 0. The summed E-state index contributed by atoms with van der Waals surface area (Å²) in [6.45, 7) is 7.62. The fraction of sp³-hybridized carbons (Fsp3) is 0.286. The summed E-state index contributed by atoms with van der Waals surface area (Å²) < 4.78 is 4.89. The Morgan fingerprint density at radius 1 is 1.62 bits per heavy atom. The van der Waals surface area contributed by atoms with E-state index >= 15 is 0 Å². The van der Waals surface area contributed by atoms with E-state index < -0.39 is 0 Å². The maximum Gasteiger partial charge on any atom is 0.105 e. The molecule has 0 saturated heterocycles. The highest BCUT2D eigenvalue weighted by Crippen LogP contribution is 1.81. The van der Waals surface area contributed by atoms with E-state index in [2.05, 4.69) is 6.58 Å². The summed E-state index contributed by atoms with van der Waals surface area (Å²) in [4.78, 5) is 0. The van der Waals surface area contributed by atoms with Gasteiger partial charge < -0.3 is 4.74 Å². The minimum Gasteiger partial charge on any atom is -0.367 e. The predicted molar refractivity (Wildman–Crippen MR) is 35.3 cm³/mol. The van der Waals surface area contributed by atoms with Crippen LogP contribution in [0.5, 0.6) is 0 Å². The minimum atomic E-state index is 0.641. The first-order chi connectivity index (χ1) is 3.91. The fourth-order valence-electron chi connectivity index (χ4n) is 0.275. The molecule has 0 aromatic heterocycles. The normalized spacial score (nSPS) is 10.1. The maximum absolute atomic E-state index is 4.89.